The van der Waals surface area contributed by atoms with Crippen molar-refractivity contribution in [2.45, 2.75) is 44.2 Å². The zero-order valence-electron chi connectivity index (χ0n) is 20.3. The molecular formula is C27H30N2O5S. The first-order valence-electron chi connectivity index (χ1n) is 11.5. The van der Waals surface area contributed by atoms with Crippen molar-refractivity contribution in [1.29, 1.82) is 0 Å². The average Bonchev–Trinajstić information content (AvgIpc) is 2.86. The van der Waals surface area contributed by atoms with Crippen molar-refractivity contribution in [2.75, 3.05) is 18.0 Å². The molecule has 0 aromatic heterocycles. The molecule has 4 rings (SSSR count). The van der Waals surface area contributed by atoms with E-state index in [1.54, 1.807) is 49.6 Å². The lowest BCUT2D eigenvalue weighted by Crippen LogP contribution is -2.51. The summed E-state index contributed by atoms with van der Waals surface area (Å²) < 4.78 is 39.7. The molecule has 1 N–H and O–H groups in total. The standard InChI is InChI=1S/C27H30N2O5S/c1-5-22(20-12-14-24(33-4)19(3)16-20)28-27(30)26-17-29(23-15-18(2)11-13-25(23)34-26)35(31,32)21-9-7-6-8-10-21/h6-16,22,26H,5,17H2,1-4H3,(H,28,30)/t22-,26-/m0/s1. The second-order valence-corrected chi connectivity index (χ2v) is 10.5. The summed E-state index contributed by atoms with van der Waals surface area (Å²) in [5.74, 6) is 0.763. The van der Waals surface area contributed by atoms with E-state index in [1.165, 1.54) is 4.31 Å². The van der Waals surface area contributed by atoms with Crippen LogP contribution in [0.2, 0.25) is 0 Å². The van der Waals surface area contributed by atoms with Crippen LogP contribution in [0.5, 0.6) is 11.5 Å². The van der Waals surface area contributed by atoms with Crippen molar-refractivity contribution >= 4 is 21.6 Å². The number of rotatable bonds is 7. The summed E-state index contributed by atoms with van der Waals surface area (Å²) in [5, 5.41) is 3.05. The van der Waals surface area contributed by atoms with Gasteiger partial charge in [-0.15, -0.1) is 0 Å². The van der Waals surface area contributed by atoms with Crippen LogP contribution in [0.3, 0.4) is 0 Å². The molecule has 35 heavy (non-hydrogen) atoms. The van der Waals surface area contributed by atoms with E-state index in [9.17, 15) is 13.2 Å². The van der Waals surface area contributed by atoms with Gasteiger partial charge in [-0.2, -0.15) is 0 Å². The van der Waals surface area contributed by atoms with Gasteiger partial charge in [0.1, 0.15) is 11.5 Å². The van der Waals surface area contributed by atoms with E-state index in [0.717, 1.165) is 22.4 Å². The molecule has 0 radical (unpaired) electrons. The summed E-state index contributed by atoms with van der Waals surface area (Å²) in [4.78, 5) is 13.5. The molecule has 3 aromatic carbocycles. The fourth-order valence-corrected chi connectivity index (χ4v) is 5.74. The van der Waals surface area contributed by atoms with E-state index in [1.807, 2.05) is 45.0 Å². The Kier molecular flexibility index (Phi) is 7.03. The summed E-state index contributed by atoms with van der Waals surface area (Å²) >= 11 is 0. The summed E-state index contributed by atoms with van der Waals surface area (Å²) in [5.41, 5.74) is 3.23. The van der Waals surface area contributed by atoms with Crippen molar-refractivity contribution < 1.29 is 22.7 Å². The Hall–Kier alpha value is -3.52. The highest BCUT2D eigenvalue weighted by Gasteiger charge is 2.38. The average molecular weight is 495 g/mol. The molecule has 0 aliphatic carbocycles. The van der Waals surface area contributed by atoms with E-state index in [4.69, 9.17) is 9.47 Å². The number of amides is 1. The molecule has 1 heterocycles. The number of ether oxygens (including phenoxy) is 2. The first kappa shape index (κ1) is 24.6. The molecule has 8 heteroatoms. The van der Waals surface area contributed by atoms with Gasteiger partial charge in [-0.3, -0.25) is 9.10 Å². The van der Waals surface area contributed by atoms with Crippen LogP contribution in [0.25, 0.3) is 0 Å². The van der Waals surface area contributed by atoms with Crippen LogP contribution in [0.1, 0.15) is 36.1 Å². The Morgan fingerprint density at radius 2 is 1.86 bits per heavy atom. The third-order valence-corrected chi connectivity index (χ3v) is 7.95. The molecule has 1 aliphatic rings. The fourth-order valence-electron chi connectivity index (χ4n) is 4.25. The molecule has 0 spiro atoms. The predicted molar refractivity (Wildman–Crippen MR) is 135 cm³/mol. The summed E-state index contributed by atoms with van der Waals surface area (Å²) in [6.45, 7) is 5.69. The maximum absolute atomic E-state index is 13.6. The summed E-state index contributed by atoms with van der Waals surface area (Å²) in [7, 11) is -2.28. The van der Waals surface area contributed by atoms with Crippen molar-refractivity contribution in [3.8, 4) is 11.5 Å². The highest BCUT2D eigenvalue weighted by Crippen LogP contribution is 2.38. The molecule has 184 valence electrons. The van der Waals surface area contributed by atoms with Gasteiger partial charge in [0.05, 0.1) is 30.3 Å². The number of methoxy groups -OCH3 is 1. The lowest BCUT2D eigenvalue weighted by Gasteiger charge is -2.35. The molecule has 0 saturated heterocycles. The first-order chi connectivity index (χ1) is 16.7. The minimum atomic E-state index is -3.90. The maximum Gasteiger partial charge on any atom is 0.264 e. The lowest BCUT2D eigenvalue weighted by atomic mass is 10.0. The van der Waals surface area contributed by atoms with Crippen molar-refractivity contribution in [3.05, 3.63) is 83.4 Å². The van der Waals surface area contributed by atoms with Gasteiger partial charge in [-0.05, 0) is 67.3 Å². The van der Waals surface area contributed by atoms with E-state index in [2.05, 4.69) is 5.32 Å². The van der Waals surface area contributed by atoms with Crippen molar-refractivity contribution in [1.82, 2.24) is 5.32 Å². The van der Waals surface area contributed by atoms with Gasteiger partial charge < -0.3 is 14.8 Å². The van der Waals surface area contributed by atoms with E-state index >= 15 is 0 Å². The molecule has 0 fully saturated rings. The number of hydrogen-bond acceptors (Lipinski definition) is 5. The number of nitrogens with one attached hydrogen (secondary N) is 1. The van der Waals surface area contributed by atoms with Crippen LogP contribution in [-0.4, -0.2) is 34.1 Å². The van der Waals surface area contributed by atoms with Gasteiger partial charge in [0.15, 0.2) is 6.10 Å². The molecule has 7 nitrogen and oxygen atoms in total. The third kappa shape index (κ3) is 4.98. The highest BCUT2D eigenvalue weighted by molar-refractivity contribution is 7.92. The number of hydrogen-bond donors (Lipinski definition) is 1. The zero-order chi connectivity index (χ0) is 25.2. The van der Waals surface area contributed by atoms with E-state index in [0.29, 0.717) is 17.9 Å². The Balaban J connectivity index is 1.63. The van der Waals surface area contributed by atoms with E-state index < -0.39 is 16.1 Å². The van der Waals surface area contributed by atoms with Gasteiger partial charge in [-0.25, -0.2) is 8.42 Å². The maximum atomic E-state index is 13.6. The van der Waals surface area contributed by atoms with Gasteiger partial charge in [-0.1, -0.05) is 43.3 Å². The van der Waals surface area contributed by atoms with Gasteiger partial charge in [0.2, 0.25) is 0 Å². The molecule has 1 amide bonds. The van der Waals surface area contributed by atoms with Crippen LogP contribution in [0.15, 0.2) is 71.6 Å². The minimum absolute atomic E-state index is 0.127. The largest absolute Gasteiger partial charge is 0.496 e. The van der Waals surface area contributed by atoms with Gasteiger partial charge in [0, 0.05) is 0 Å². The van der Waals surface area contributed by atoms with Gasteiger partial charge >= 0.3 is 0 Å². The lowest BCUT2D eigenvalue weighted by molar-refractivity contribution is -0.128. The highest BCUT2D eigenvalue weighted by atomic mass is 32.2. The van der Waals surface area contributed by atoms with Crippen LogP contribution < -0.4 is 19.1 Å². The SMILES string of the molecule is CC[C@H](NC(=O)[C@@H]1CN(S(=O)(=O)c2ccccc2)c2cc(C)ccc2O1)c1ccc(OC)c(C)c1. The normalized spacial score (nSPS) is 16.1. The van der Waals surface area contributed by atoms with Crippen LogP contribution >= 0.6 is 0 Å². The van der Waals surface area contributed by atoms with Crippen LogP contribution in [-0.2, 0) is 14.8 Å². The number of carbonyl (C=O) groups is 1. The number of sulfonamides is 1. The Labute approximate surface area is 206 Å². The minimum Gasteiger partial charge on any atom is -0.496 e. The smallest absolute Gasteiger partial charge is 0.264 e. The zero-order valence-corrected chi connectivity index (χ0v) is 21.1. The van der Waals surface area contributed by atoms with Crippen LogP contribution in [0.4, 0.5) is 5.69 Å². The third-order valence-electron chi connectivity index (χ3n) is 6.15. The molecule has 3 aromatic rings. The summed E-state index contributed by atoms with van der Waals surface area (Å²) in [6.07, 6.45) is -0.344. The Morgan fingerprint density at radius 1 is 1.11 bits per heavy atom. The quantitative estimate of drug-likeness (QED) is 0.521. The van der Waals surface area contributed by atoms with Gasteiger partial charge in [0.25, 0.3) is 15.9 Å². The molecule has 1 aliphatic heterocycles. The Bertz CT molecular complexity index is 1320. The number of carbonyl (C=O) groups excluding carboxylic acids is 1. The Morgan fingerprint density at radius 3 is 2.51 bits per heavy atom. The fraction of sp³-hybridized carbons (Fsp3) is 0.296. The molecule has 0 unspecified atom stereocenters. The summed E-state index contributed by atoms with van der Waals surface area (Å²) in [6, 6.07) is 19.1. The number of fused-ring (bicyclic) bond motifs is 1. The molecular weight excluding hydrogens is 464 g/mol. The topological polar surface area (TPSA) is 84.9 Å². The van der Waals surface area contributed by atoms with Crippen molar-refractivity contribution in [2.24, 2.45) is 0 Å². The second-order valence-electron chi connectivity index (χ2n) is 8.63. The number of benzene rings is 3. The number of nitrogens with zero attached hydrogens (tertiary/aromatic N) is 1. The monoisotopic (exact) mass is 494 g/mol. The predicted octanol–water partition coefficient (Wildman–Crippen LogP) is 4.54. The molecule has 0 bridgehead atoms. The van der Waals surface area contributed by atoms with Crippen LogP contribution in [0, 0.1) is 13.8 Å². The molecule has 2 atom stereocenters. The van der Waals surface area contributed by atoms with E-state index in [-0.39, 0.29) is 23.4 Å². The second kappa shape index (κ2) is 10.00. The van der Waals surface area contributed by atoms with Crippen molar-refractivity contribution in [3.63, 3.8) is 0 Å². The molecule has 0 saturated carbocycles. The first-order valence-corrected chi connectivity index (χ1v) is 13.0. The number of aryl methyl sites for hydroxylation is 2. The number of anilines is 1.